The lowest BCUT2D eigenvalue weighted by Crippen LogP contribution is -2.47. The first kappa shape index (κ1) is 11.3. The minimum absolute atomic E-state index is 0.00894. The van der Waals surface area contributed by atoms with Gasteiger partial charge in [-0.3, -0.25) is 0 Å². The summed E-state index contributed by atoms with van der Waals surface area (Å²) in [4.78, 5) is 2.52. The molecule has 0 aliphatic carbocycles. The number of hydrogen-bond donors (Lipinski definition) is 1. The second-order valence-electron chi connectivity index (χ2n) is 4.25. The number of nitrogens with two attached hydrogens (primary N) is 1. The molecule has 0 radical (unpaired) electrons. The second-order valence-corrected chi connectivity index (χ2v) is 5.47. The van der Waals surface area contributed by atoms with E-state index in [4.69, 9.17) is 5.73 Å². The molecular formula is C10H22N2S. The van der Waals surface area contributed by atoms with E-state index in [9.17, 15) is 0 Å². The monoisotopic (exact) mass is 202 g/mol. The zero-order valence-electron chi connectivity index (χ0n) is 8.88. The Kier molecular flexibility index (Phi) is 4.56. The molecule has 0 amide bonds. The molecule has 0 aromatic carbocycles. The Bertz CT molecular complexity index is 140. The predicted octanol–water partition coefficient (Wildman–Crippen LogP) is 1.55. The van der Waals surface area contributed by atoms with Crippen LogP contribution in [0.25, 0.3) is 0 Å². The van der Waals surface area contributed by atoms with Crippen LogP contribution < -0.4 is 5.73 Å². The third kappa shape index (κ3) is 4.34. The minimum atomic E-state index is 0.00894. The van der Waals surface area contributed by atoms with E-state index in [1.165, 1.54) is 31.0 Å². The molecular weight excluding hydrogens is 180 g/mol. The number of thioether (sulfide) groups is 1. The van der Waals surface area contributed by atoms with Crippen LogP contribution in [-0.2, 0) is 0 Å². The van der Waals surface area contributed by atoms with Gasteiger partial charge in [-0.15, -0.1) is 0 Å². The maximum absolute atomic E-state index is 6.15. The van der Waals surface area contributed by atoms with Crippen LogP contribution in [0.4, 0.5) is 0 Å². The van der Waals surface area contributed by atoms with Crippen molar-refractivity contribution in [3.8, 4) is 0 Å². The molecule has 1 unspecified atom stereocenters. The molecule has 78 valence electrons. The van der Waals surface area contributed by atoms with Crippen LogP contribution in [0.5, 0.6) is 0 Å². The van der Waals surface area contributed by atoms with Crippen LogP contribution in [-0.4, -0.2) is 41.6 Å². The van der Waals surface area contributed by atoms with Gasteiger partial charge in [0, 0.05) is 24.4 Å². The summed E-state index contributed by atoms with van der Waals surface area (Å²) in [6.07, 6.45) is 2.39. The number of rotatable bonds is 3. The summed E-state index contributed by atoms with van der Waals surface area (Å²) in [5.74, 6) is 2.60. The van der Waals surface area contributed by atoms with Crippen molar-refractivity contribution < 1.29 is 0 Å². The van der Waals surface area contributed by atoms with Crippen LogP contribution in [0.1, 0.15) is 26.7 Å². The van der Waals surface area contributed by atoms with Gasteiger partial charge in [-0.25, -0.2) is 0 Å². The molecule has 13 heavy (non-hydrogen) atoms. The van der Waals surface area contributed by atoms with Gasteiger partial charge in [-0.2, -0.15) is 11.8 Å². The van der Waals surface area contributed by atoms with E-state index in [-0.39, 0.29) is 5.54 Å². The SMILES string of the molecule is CCC(C)(N)CN1CCCSCC1. The average Bonchev–Trinajstić information content (AvgIpc) is 2.32. The van der Waals surface area contributed by atoms with E-state index in [1.807, 2.05) is 0 Å². The molecule has 0 aromatic rings. The zero-order valence-corrected chi connectivity index (χ0v) is 9.70. The molecule has 0 aromatic heterocycles. The molecule has 1 aliphatic heterocycles. The van der Waals surface area contributed by atoms with Crippen LogP contribution >= 0.6 is 11.8 Å². The van der Waals surface area contributed by atoms with E-state index in [0.29, 0.717) is 0 Å². The first-order valence-electron chi connectivity index (χ1n) is 5.23. The van der Waals surface area contributed by atoms with Gasteiger partial charge in [-0.05, 0) is 32.1 Å². The van der Waals surface area contributed by atoms with E-state index in [1.54, 1.807) is 0 Å². The van der Waals surface area contributed by atoms with E-state index >= 15 is 0 Å². The topological polar surface area (TPSA) is 29.3 Å². The molecule has 0 spiro atoms. The summed E-state index contributed by atoms with van der Waals surface area (Å²) < 4.78 is 0. The molecule has 1 saturated heterocycles. The fourth-order valence-corrected chi connectivity index (χ4v) is 2.50. The molecule has 1 fully saturated rings. The highest BCUT2D eigenvalue weighted by Gasteiger charge is 2.20. The molecule has 1 rings (SSSR count). The normalized spacial score (nSPS) is 25.2. The van der Waals surface area contributed by atoms with Crippen molar-refractivity contribution >= 4 is 11.8 Å². The maximum atomic E-state index is 6.15. The predicted molar refractivity (Wildman–Crippen MR) is 61.3 cm³/mol. The van der Waals surface area contributed by atoms with Crippen LogP contribution in [0.15, 0.2) is 0 Å². The lowest BCUT2D eigenvalue weighted by atomic mass is 10.00. The molecule has 2 N–H and O–H groups in total. The summed E-state index contributed by atoms with van der Waals surface area (Å²) in [5, 5.41) is 0. The van der Waals surface area contributed by atoms with E-state index < -0.39 is 0 Å². The Morgan fingerprint density at radius 2 is 2.15 bits per heavy atom. The van der Waals surface area contributed by atoms with Gasteiger partial charge in [0.25, 0.3) is 0 Å². The Morgan fingerprint density at radius 1 is 1.38 bits per heavy atom. The van der Waals surface area contributed by atoms with Gasteiger partial charge >= 0.3 is 0 Å². The van der Waals surface area contributed by atoms with Gasteiger partial charge in [0.1, 0.15) is 0 Å². The third-order valence-electron chi connectivity index (χ3n) is 2.71. The summed E-state index contributed by atoms with van der Waals surface area (Å²) in [6, 6.07) is 0. The fraction of sp³-hybridized carbons (Fsp3) is 1.00. The highest BCUT2D eigenvalue weighted by molar-refractivity contribution is 7.99. The van der Waals surface area contributed by atoms with Crippen molar-refractivity contribution in [2.45, 2.75) is 32.2 Å². The first-order chi connectivity index (χ1) is 6.14. The standard InChI is InChI=1S/C10H22N2S/c1-3-10(2,11)9-12-5-4-7-13-8-6-12/h3-9,11H2,1-2H3. The van der Waals surface area contributed by atoms with E-state index in [2.05, 4.69) is 30.5 Å². The lowest BCUT2D eigenvalue weighted by Gasteiger charge is -2.30. The zero-order chi connectivity index (χ0) is 9.73. The van der Waals surface area contributed by atoms with Crippen molar-refractivity contribution in [3.05, 3.63) is 0 Å². The highest BCUT2D eigenvalue weighted by atomic mass is 32.2. The lowest BCUT2D eigenvalue weighted by molar-refractivity contribution is 0.227. The maximum Gasteiger partial charge on any atom is 0.0252 e. The Hall–Kier alpha value is 0.270. The quantitative estimate of drug-likeness (QED) is 0.753. The molecule has 1 aliphatic rings. The number of nitrogens with zero attached hydrogens (tertiary/aromatic N) is 1. The molecule has 1 heterocycles. The largest absolute Gasteiger partial charge is 0.324 e. The Balaban J connectivity index is 2.33. The van der Waals surface area contributed by atoms with Gasteiger partial charge < -0.3 is 10.6 Å². The summed E-state index contributed by atoms with van der Waals surface area (Å²) in [6.45, 7) is 7.85. The highest BCUT2D eigenvalue weighted by Crippen LogP contribution is 2.13. The van der Waals surface area contributed by atoms with Crippen molar-refractivity contribution in [3.63, 3.8) is 0 Å². The van der Waals surface area contributed by atoms with Gasteiger partial charge in [0.15, 0.2) is 0 Å². The van der Waals surface area contributed by atoms with E-state index in [0.717, 1.165) is 13.0 Å². The van der Waals surface area contributed by atoms with Crippen molar-refractivity contribution in [2.24, 2.45) is 5.73 Å². The number of hydrogen-bond acceptors (Lipinski definition) is 3. The molecule has 1 atom stereocenters. The summed E-state index contributed by atoms with van der Waals surface area (Å²) in [7, 11) is 0. The molecule has 2 nitrogen and oxygen atoms in total. The average molecular weight is 202 g/mol. The fourth-order valence-electron chi connectivity index (χ4n) is 1.58. The summed E-state index contributed by atoms with van der Waals surface area (Å²) in [5.41, 5.74) is 6.16. The molecule has 0 bridgehead atoms. The van der Waals surface area contributed by atoms with Crippen LogP contribution in [0.2, 0.25) is 0 Å². The van der Waals surface area contributed by atoms with Gasteiger partial charge in [-0.1, -0.05) is 6.92 Å². The minimum Gasteiger partial charge on any atom is -0.324 e. The summed E-state index contributed by atoms with van der Waals surface area (Å²) >= 11 is 2.07. The Morgan fingerprint density at radius 3 is 2.85 bits per heavy atom. The van der Waals surface area contributed by atoms with Crippen LogP contribution in [0.3, 0.4) is 0 Å². The van der Waals surface area contributed by atoms with Crippen molar-refractivity contribution in [2.75, 3.05) is 31.1 Å². The van der Waals surface area contributed by atoms with Crippen LogP contribution in [0, 0.1) is 0 Å². The second kappa shape index (κ2) is 5.23. The third-order valence-corrected chi connectivity index (χ3v) is 3.76. The van der Waals surface area contributed by atoms with Crippen molar-refractivity contribution in [1.82, 2.24) is 4.90 Å². The van der Waals surface area contributed by atoms with Gasteiger partial charge in [0.2, 0.25) is 0 Å². The van der Waals surface area contributed by atoms with Crippen molar-refractivity contribution in [1.29, 1.82) is 0 Å². The smallest absolute Gasteiger partial charge is 0.0252 e. The Labute approximate surface area is 86.2 Å². The molecule has 3 heteroatoms. The first-order valence-corrected chi connectivity index (χ1v) is 6.38. The molecule has 0 saturated carbocycles. The van der Waals surface area contributed by atoms with Gasteiger partial charge in [0.05, 0.1) is 0 Å².